The lowest BCUT2D eigenvalue weighted by Crippen LogP contribution is -2.51. The average Bonchev–Trinajstić information content (AvgIpc) is 2.34. The molecule has 1 aliphatic rings. The Morgan fingerprint density at radius 3 is 2.63 bits per heavy atom. The van der Waals surface area contributed by atoms with Gasteiger partial charge in [-0.1, -0.05) is 30.3 Å². The molecule has 0 spiro atoms. The standard InChI is InChI=1S/C14H20N2O2.ClH/c1-18-9-13(15)14(17)16-12-7-11(8-12)10-5-3-2-4-6-10;/h2-6,11-13H,7-9,15H2,1H3,(H,16,17);1H. The molecule has 0 aliphatic heterocycles. The normalized spacial score (nSPS) is 22.8. The Morgan fingerprint density at radius 1 is 1.42 bits per heavy atom. The van der Waals surface area contributed by atoms with Gasteiger partial charge in [0.05, 0.1) is 6.61 Å². The third kappa shape index (κ3) is 4.20. The van der Waals surface area contributed by atoms with Gasteiger partial charge in [-0.3, -0.25) is 4.79 Å². The van der Waals surface area contributed by atoms with Gasteiger partial charge < -0.3 is 15.8 Å². The molecule has 1 saturated carbocycles. The number of methoxy groups -OCH3 is 1. The van der Waals surface area contributed by atoms with Crippen LogP contribution in [0.5, 0.6) is 0 Å². The second-order valence-corrected chi connectivity index (χ2v) is 4.85. The minimum atomic E-state index is -0.564. The van der Waals surface area contributed by atoms with Crippen molar-refractivity contribution in [2.45, 2.75) is 30.8 Å². The van der Waals surface area contributed by atoms with E-state index in [1.165, 1.54) is 5.56 Å². The van der Waals surface area contributed by atoms with Crippen molar-refractivity contribution >= 4 is 18.3 Å². The molecule has 1 fully saturated rings. The molecule has 0 saturated heterocycles. The Kier molecular flexibility index (Phi) is 6.28. The Balaban J connectivity index is 0.00000180. The molecule has 1 aliphatic carbocycles. The van der Waals surface area contributed by atoms with Gasteiger partial charge in [-0.2, -0.15) is 0 Å². The summed E-state index contributed by atoms with van der Waals surface area (Å²) in [5, 5.41) is 2.96. The first-order valence-electron chi connectivity index (χ1n) is 6.30. The molecular formula is C14H21ClN2O2. The summed E-state index contributed by atoms with van der Waals surface area (Å²) in [5.41, 5.74) is 7.01. The van der Waals surface area contributed by atoms with Gasteiger partial charge in [0.25, 0.3) is 0 Å². The molecule has 0 heterocycles. The van der Waals surface area contributed by atoms with Gasteiger partial charge in [-0.25, -0.2) is 0 Å². The van der Waals surface area contributed by atoms with E-state index < -0.39 is 6.04 Å². The van der Waals surface area contributed by atoms with Crippen LogP contribution in [0.25, 0.3) is 0 Å². The minimum absolute atomic E-state index is 0. The lowest BCUT2D eigenvalue weighted by atomic mass is 9.76. The zero-order valence-corrected chi connectivity index (χ0v) is 11.9. The smallest absolute Gasteiger partial charge is 0.239 e. The maximum atomic E-state index is 11.7. The zero-order valence-electron chi connectivity index (χ0n) is 11.0. The van der Waals surface area contributed by atoms with Gasteiger partial charge in [0.1, 0.15) is 6.04 Å². The predicted molar refractivity (Wildman–Crippen MR) is 77.4 cm³/mol. The van der Waals surface area contributed by atoms with E-state index >= 15 is 0 Å². The van der Waals surface area contributed by atoms with Gasteiger partial charge in [-0.05, 0) is 24.3 Å². The molecule has 106 valence electrons. The summed E-state index contributed by atoms with van der Waals surface area (Å²) >= 11 is 0. The quantitative estimate of drug-likeness (QED) is 0.860. The number of carbonyl (C=O) groups is 1. The molecule has 4 nitrogen and oxygen atoms in total. The van der Waals surface area contributed by atoms with Gasteiger partial charge in [-0.15, -0.1) is 12.4 Å². The van der Waals surface area contributed by atoms with Gasteiger partial charge in [0.15, 0.2) is 0 Å². The van der Waals surface area contributed by atoms with Crippen LogP contribution in [0.1, 0.15) is 24.3 Å². The highest BCUT2D eigenvalue weighted by atomic mass is 35.5. The number of nitrogens with one attached hydrogen (secondary N) is 1. The number of amides is 1. The maximum absolute atomic E-state index is 11.7. The highest BCUT2D eigenvalue weighted by molar-refractivity contribution is 5.85. The number of ether oxygens (including phenoxy) is 1. The number of hydrogen-bond acceptors (Lipinski definition) is 3. The third-order valence-corrected chi connectivity index (χ3v) is 3.44. The molecule has 2 rings (SSSR count). The highest BCUT2D eigenvalue weighted by Gasteiger charge is 2.32. The van der Waals surface area contributed by atoms with Gasteiger partial charge >= 0.3 is 0 Å². The molecule has 1 amide bonds. The first kappa shape index (κ1) is 16.0. The Hall–Kier alpha value is -1.10. The summed E-state index contributed by atoms with van der Waals surface area (Å²) < 4.78 is 4.86. The van der Waals surface area contributed by atoms with Gasteiger partial charge in [0, 0.05) is 13.2 Å². The molecule has 3 N–H and O–H groups in total. The van der Waals surface area contributed by atoms with Gasteiger partial charge in [0.2, 0.25) is 5.91 Å². The monoisotopic (exact) mass is 284 g/mol. The Morgan fingerprint density at radius 2 is 2.05 bits per heavy atom. The first-order chi connectivity index (χ1) is 8.70. The van der Waals surface area contributed by atoms with Crippen LogP contribution in [0.2, 0.25) is 0 Å². The molecule has 19 heavy (non-hydrogen) atoms. The zero-order chi connectivity index (χ0) is 13.0. The van der Waals surface area contributed by atoms with Crippen molar-refractivity contribution in [3.05, 3.63) is 35.9 Å². The van der Waals surface area contributed by atoms with E-state index in [1.807, 2.05) is 6.07 Å². The van der Waals surface area contributed by atoms with Crippen molar-refractivity contribution in [2.24, 2.45) is 5.73 Å². The number of nitrogens with two attached hydrogens (primary N) is 1. The van der Waals surface area contributed by atoms with E-state index in [2.05, 4.69) is 29.6 Å². The van der Waals surface area contributed by atoms with E-state index in [1.54, 1.807) is 7.11 Å². The van der Waals surface area contributed by atoms with Crippen molar-refractivity contribution in [1.29, 1.82) is 0 Å². The molecule has 1 aromatic rings. The van der Waals surface area contributed by atoms with E-state index in [0.29, 0.717) is 5.92 Å². The lowest BCUT2D eigenvalue weighted by molar-refractivity contribution is -0.124. The average molecular weight is 285 g/mol. The minimum Gasteiger partial charge on any atom is -0.383 e. The summed E-state index contributed by atoms with van der Waals surface area (Å²) in [5.74, 6) is 0.448. The Bertz CT molecular complexity index is 394. The Labute approximate surface area is 120 Å². The lowest BCUT2D eigenvalue weighted by Gasteiger charge is -2.36. The van der Waals surface area contributed by atoms with Crippen LogP contribution in [0.4, 0.5) is 0 Å². The van der Waals surface area contributed by atoms with Crippen molar-refractivity contribution in [3.63, 3.8) is 0 Å². The molecule has 0 aromatic heterocycles. The second-order valence-electron chi connectivity index (χ2n) is 4.85. The number of halogens is 1. The molecule has 1 atom stereocenters. The van der Waals surface area contributed by atoms with E-state index in [4.69, 9.17) is 10.5 Å². The van der Waals surface area contributed by atoms with Crippen LogP contribution in [0, 0.1) is 0 Å². The molecule has 0 radical (unpaired) electrons. The van der Waals surface area contributed by atoms with Crippen LogP contribution < -0.4 is 11.1 Å². The number of rotatable bonds is 5. The SMILES string of the molecule is COCC(N)C(=O)NC1CC(c2ccccc2)C1.Cl. The predicted octanol–water partition coefficient (Wildman–Crippen LogP) is 1.44. The summed E-state index contributed by atoms with van der Waals surface area (Å²) in [6, 6.07) is 10.1. The fourth-order valence-corrected chi connectivity index (χ4v) is 2.30. The molecule has 1 unspecified atom stereocenters. The molecular weight excluding hydrogens is 264 g/mol. The summed E-state index contributed by atoms with van der Waals surface area (Å²) in [6.45, 7) is 0.265. The number of hydrogen-bond donors (Lipinski definition) is 2. The molecule has 5 heteroatoms. The molecule has 1 aromatic carbocycles. The first-order valence-corrected chi connectivity index (χ1v) is 6.30. The highest BCUT2D eigenvalue weighted by Crippen LogP contribution is 2.36. The second kappa shape index (κ2) is 7.48. The van der Waals surface area contributed by atoms with E-state index in [9.17, 15) is 4.79 Å². The third-order valence-electron chi connectivity index (χ3n) is 3.44. The summed E-state index contributed by atoms with van der Waals surface area (Å²) in [6.07, 6.45) is 1.99. The summed E-state index contributed by atoms with van der Waals surface area (Å²) in [4.78, 5) is 11.7. The van der Waals surface area contributed by atoms with Crippen molar-refractivity contribution < 1.29 is 9.53 Å². The van der Waals surface area contributed by atoms with E-state index in [0.717, 1.165) is 12.8 Å². The van der Waals surface area contributed by atoms with Crippen LogP contribution in [-0.4, -0.2) is 31.7 Å². The number of carbonyl (C=O) groups excluding carboxylic acids is 1. The van der Waals surface area contributed by atoms with E-state index in [-0.39, 0.29) is 31.0 Å². The van der Waals surface area contributed by atoms with Crippen molar-refractivity contribution in [1.82, 2.24) is 5.32 Å². The van der Waals surface area contributed by atoms with Crippen LogP contribution in [-0.2, 0) is 9.53 Å². The molecule has 0 bridgehead atoms. The van der Waals surface area contributed by atoms with Crippen LogP contribution in [0.3, 0.4) is 0 Å². The largest absolute Gasteiger partial charge is 0.383 e. The van der Waals surface area contributed by atoms with Crippen molar-refractivity contribution in [2.75, 3.05) is 13.7 Å². The fraction of sp³-hybridized carbons (Fsp3) is 0.500. The van der Waals surface area contributed by atoms with Crippen molar-refractivity contribution in [3.8, 4) is 0 Å². The summed E-state index contributed by atoms with van der Waals surface area (Å²) in [7, 11) is 1.54. The maximum Gasteiger partial charge on any atom is 0.239 e. The van der Waals surface area contributed by atoms with Crippen LogP contribution >= 0.6 is 12.4 Å². The fourth-order valence-electron chi connectivity index (χ4n) is 2.30. The number of benzene rings is 1. The van der Waals surface area contributed by atoms with Crippen LogP contribution in [0.15, 0.2) is 30.3 Å². The topological polar surface area (TPSA) is 64.3 Å².